The number of nitrogens with zero attached hydrogens (tertiary/aromatic N) is 1. The van der Waals surface area contributed by atoms with Crippen LogP contribution in [0.1, 0.15) is 17.0 Å². The smallest absolute Gasteiger partial charge is 0.419 e. The molecule has 0 bridgehead atoms. The highest BCUT2D eigenvalue weighted by Crippen LogP contribution is 2.38. The van der Waals surface area contributed by atoms with E-state index < -0.39 is 23.0 Å². The van der Waals surface area contributed by atoms with Gasteiger partial charge in [-0.25, -0.2) is 4.98 Å². The lowest BCUT2D eigenvalue weighted by Gasteiger charge is -2.14. The monoisotopic (exact) mass is 299 g/mol. The summed E-state index contributed by atoms with van der Waals surface area (Å²) in [7, 11) is 0. The molecule has 0 aliphatic heterocycles. The van der Waals surface area contributed by atoms with Gasteiger partial charge >= 0.3 is 6.18 Å². The minimum atomic E-state index is -4.60. The van der Waals surface area contributed by atoms with Gasteiger partial charge in [0.1, 0.15) is 11.6 Å². The molecule has 0 saturated carbocycles. The van der Waals surface area contributed by atoms with E-state index in [1.165, 1.54) is 13.0 Å². The number of nitrogens with one attached hydrogen (secondary N) is 1. The van der Waals surface area contributed by atoms with E-state index in [9.17, 15) is 18.0 Å². The van der Waals surface area contributed by atoms with E-state index in [4.69, 9.17) is 10.5 Å². The Hall–Kier alpha value is -2.35. The van der Waals surface area contributed by atoms with Crippen molar-refractivity contribution in [3.63, 3.8) is 0 Å². The summed E-state index contributed by atoms with van der Waals surface area (Å²) in [5.41, 5.74) is 4.19. The Morgan fingerprint density at radius 2 is 2.05 bits per heavy atom. The standard InChI is InChI=1S/C13H12F3N3O2/c1-7-18-11(20)5-12(19-7)21-10-3-2-8(6-17)4-9(10)13(14,15)16/h2-5H,6,17H2,1H3,(H,18,19,20). The predicted molar refractivity (Wildman–Crippen MR) is 69.0 cm³/mol. The van der Waals surface area contributed by atoms with Crippen molar-refractivity contribution >= 4 is 0 Å². The summed E-state index contributed by atoms with van der Waals surface area (Å²) in [6.45, 7) is 1.47. The highest BCUT2D eigenvalue weighted by Gasteiger charge is 2.35. The molecule has 8 heteroatoms. The number of benzene rings is 1. The number of nitrogens with two attached hydrogens (primary N) is 1. The molecule has 0 amide bonds. The van der Waals surface area contributed by atoms with Crippen molar-refractivity contribution in [3.8, 4) is 11.6 Å². The van der Waals surface area contributed by atoms with Gasteiger partial charge in [0, 0.05) is 6.54 Å². The molecule has 0 aliphatic carbocycles. The van der Waals surface area contributed by atoms with E-state index in [0.29, 0.717) is 5.56 Å². The van der Waals surface area contributed by atoms with E-state index >= 15 is 0 Å². The summed E-state index contributed by atoms with van der Waals surface area (Å²) in [6.07, 6.45) is -4.60. The third kappa shape index (κ3) is 3.60. The Labute approximate surface area is 117 Å². The summed E-state index contributed by atoms with van der Waals surface area (Å²) in [4.78, 5) is 17.5. The number of aryl methyl sites for hydroxylation is 1. The van der Waals surface area contributed by atoms with Crippen LogP contribution in [0.3, 0.4) is 0 Å². The average molecular weight is 299 g/mol. The van der Waals surface area contributed by atoms with Crippen LogP contribution in [-0.2, 0) is 12.7 Å². The zero-order valence-corrected chi connectivity index (χ0v) is 11.0. The van der Waals surface area contributed by atoms with Gasteiger partial charge in [0.25, 0.3) is 5.56 Å². The Bertz CT molecular complexity index is 711. The molecular formula is C13H12F3N3O2. The molecule has 2 rings (SSSR count). The summed E-state index contributed by atoms with van der Waals surface area (Å²) in [6, 6.07) is 4.47. The summed E-state index contributed by atoms with van der Waals surface area (Å²) >= 11 is 0. The fourth-order valence-corrected chi connectivity index (χ4v) is 1.73. The van der Waals surface area contributed by atoms with Gasteiger partial charge < -0.3 is 15.5 Å². The molecule has 0 fully saturated rings. The minimum Gasteiger partial charge on any atom is -0.438 e. The molecule has 1 heterocycles. The first-order valence-electron chi connectivity index (χ1n) is 5.95. The lowest BCUT2D eigenvalue weighted by atomic mass is 10.1. The first-order valence-corrected chi connectivity index (χ1v) is 5.95. The van der Waals surface area contributed by atoms with Crippen LogP contribution in [0.25, 0.3) is 0 Å². The summed E-state index contributed by atoms with van der Waals surface area (Å²) in [5, 5.41) is 0. The topological polar surface area (TPSA) is 81.0 Å². The molecule has 112 valence electrons. The van der Waals surface area contributed by atoms with Gasteiger partial charge in [-0.15, -0.1) is 0 Å². The van der Waals surface area contributed by atoms with Gasteiger partial charge in [-0.3, -0.25) is 4.79 Å². The van der Waals surface area contributed by atoms with Crippen molar-refractivity contribution in [3.05, 3.63) is 51.6 Å². The summed E-state index contributed by atoms with van der Waals surface area (Å²) in [5.74, 6) is -0.399. The van der Waals surface area contributed by atoms with Gasteiger partial charge in [0.05, 0.1) is 11.6 Å². The van der Waals surface area contributed by atoms with E-state index in [1.54, 1.807) is 0 Å². The Balaban J connectivity index is 2.46. The van der Waals surface area contributed by atoms with Gasteiger partial charge in [0.15, 0.2) is 0 Å². The van der Waals surface area contributed by atoms with Gasteiger partial charge in [-0.05, 0) is 24.6 Å². The van der Waals surface area contributed by atoms with Crippen molar-refractivity contribution < 1.29 is 17.9 Å². The number of H-pyrrole nitrogens is 1. The van der Waals surface area contributed by atoms with Crippen LogP contribution < -0.4 is 16.0 Å². The van der Waals surface area contributed by atoms with Crippen LogP contribution in [0.4, 0.5) is 13.2 Å². The molecule has 0 atom stereocenters. The number of alkyl halides is 3. The van der Waals surface area contributed by atoms with Crippen LogP contribution in [0.2, 0.25) is 0 Å². The van der Waals surface area contributed by atoms with E-state index in [0.717, 1.165) is 18.2 Å². The average Bonchev–Trinajstić information content (AvgIpc) is 2.36. The lowest BCUT2D eigenvalue weighted by molar-refractivity contribution is -0.138. The van der Waals surface area contributed by atoms with Gasteiger partial charge in [-0.2, -0.15) is 13.2 Å². The number of hydrogen-bond acceptors (Lipinski definition) is 4. The largest absolute Gasteiger partial charge is 0.438 e. The fraction of sp³-hybridized carbons (Fsp3) is 0.231. The maximum atomic E-state index is 13.0. The maximum absolute atomic E-state index is 13.0. The molecule has 1 aromatic heterocycles. The first-order chi connectivity index (χ1) is 9.79. The lowest BCUT2D eigenvalue weighted by Crippen LogP contribution is -2.11. The Morgan fingerprint density at radius 1 is 1.33 bits per heavy atom. The zero-order valence-electron chi connectivity index (χ0n) is 11.0. The van der Waals surface area contributed by atoms with E-state index in [1.807, 2.05) is 0 Å². The second-order valence-corrected chi connectivity index (χ2v) is 4.30. The van der Waals surface area contributed by atoms with Gasteiger partial charge in [0.2, 0.25) is 5.88 Å². The second-order valence-electron chi connectivity index (χ2n) is 4.30. The molecule has 0 radical (unpaired) electrons. The normalized spacial score (nSPS) is 11.5. The third-order valence-corrected chi connectivity index (χ3v) is 2.64. The third-order valence-electron chi connectivity index (χ3n) is 2.64. The molecule has 5 nitrogen and oxygen atoms in total. The van der Waals surface area contributed by atoms with E-state index in [-0.39, 0.29) is 18.2 Å². The van der Waals surface area contributed by atoms with Crippen LogP contribution >= 0.6 is 0 Å². The SMILES string of the molecule is Cc1nc(Oc2ccc(CN)cc2C(F)(F)F)cc(=O)[nH]1. The molecule has 21 heavy (non-hydrogen) atoms. The molecule has 1 aromatic carbocycles. The minimum absolute atomic E-state index is 0.0221. The summed E-state index contributed by atoms with van der Waals surface area (Å²) < 4.78 is 44.2. The van der Waals surface area contributed by atoms with Crippen LogP contribution in [0.5, 0.6) is 11.6 Å². The predicted octanol–water partition coefficient (Wildman–Crippen LogP) is 2.35. The number of halogens is 3. The number of aromatic nitrogens is 2. The quantitative estimate of drug-likeness (QED) is 0.911. The first kappa shape index (κ1) is 15.0. The molecule has 0 aliphatic rings. The van der Waals surface area contributed by atoms with Crippen molar-refractivity contribution in [1.82, 2.24) is 9.97 Å². The number of hydrogen-bond donors (Lipinski definition) is 2. The Kier molecular flexibility index (Phi) is 3.99. The number of rotatable bonds is 3. The van der Waals surface area contributed by atoms with Crippen molar-refractivity contribution in [2.75, 3.05) is 0 Å². The zero-order chi connectivity index (χ0) is 15.6. The van der Waals surface area contributed by atoms with Crippen molar-refractivity contribution in [2.24, 2.45) is 5.73 Å². The number of aromatic amines is 1. The molecule has 3 N–H and O–H groups in total. The van der Waals surface area contributed by atoms with Crippen LogP contribution in [-0.4, -0.2) is 9.97 Å². The molecule has 0 spiro atoms. The van der Waals surface area contributed by atoms with Crippen LogP contribution in [0, 0.1) is 6.92 Å². The van der Waals surface area contributed by atoms with Crippen molar-refractivity contribution in [1.29, 1.82) is 0 Å². The molecule has 0 saturated heterocycles. The molecular weight excluding hydrogens is 287 g/mol. The van der Waals surface area contributed by atoms with Crippen LogP contribution in [0.15, 0.2) is 29.1 Å². The number of ether oxygens (including phenoxy) is 1. The Morgan fingerprint density at radius 3 is 2.62 bits per heavy atom. The maximum Gasteiger partial charge on any atom is 0.419 e. The highest BCUT2D eigenvalue weighted by molar-refractivity contribution is 5.41. The van der Waals surface area contributed by atoms with Gasteiger partial charge in [-0.1, -0.05) is 6.07 Å². The molecule has 2 aromatic rings. The fourth-order valence-electron chi connectivity index (χ4n) is 1.73. The second kappa shape index (κ2) is 5.57. The molecule has 0 unspecified atom stereocenters. The highest BCUT2D eigenvalue weighted by atomic mass is 19.4. The van der Waals surface area contributed by atoms with E-state index in [2.05, 4.69) is 9.97 Å². The van der Waals surface area contributed by atoms with Crippen molar-refractivity contribution in [2.45, 2.75) is 19.6 Å².